The zero-order valence-electron chi connectivity index (χ0n) is 16.1. The molecule has 158 valence electrons. The van der Waals surface area contributed by atoms with Gasteiger partial charge >= 0.3 is 5.97 Å². The number of amides is 2. The zero-order valence-corrected chi connectivity index (χ0v) is 17.7. The van der Waals surface area contributed by atoms with Crippen LogP contribution >= 0.6 is 22.9 Å². The van der Waals surface area contributed by atoms with Crippen LogP contribution in [0.5, 0.6) is 5.75 Å². The molecule has 0 bridgehead atoms. The Morgan fingerprint density at radius 2 is 2.00 bits per heavy atom. The topological polar surface area (TPSA) is 83.9 Å². The quantitative estimate of drug-likeness (QED) is 0.536. The van der Waals surface area contributed by atoms with E-state index in [-0.39, 0.29) is 33.3 Å². The molecule has 1 aliphatic heterocycles. The number of aromatic carboxylic acids is 1. The van der Waals surface area contributed by atoms with E-state index in [0.717, 1.165) is 16.2 Å². The van der Waals surface area contributed by atoms with E-state index in [9.17, 15) is 23.9 Å². The fourth-order valence-electron chi connectivity index (χ4n) is 3.44. The SMILES string of the molecule is CC(Oc1ccc(Cl)c(N2C(=O)Cc3csc(C(=O)O)c3C2=O)c1)c1ccccc1F. The Morgan fingerprint density at radius 1 is 1.26 bits per heavy atom. The summed E-state index contributed by atoms with van der Waals surface area (Å²) >= 11 is 7.17. The maximum absolute atomic E-state index is 14.0. The van der Waals surface area contributed by atoms with Gasteiger partial charge in [0.1, 0.15) is 22.5 Å². The highest BCUT2D eigenvalue weighted by Gasteiger charge is 2.37. The van der Waals surface area contributed by atoms with Crippen LogP contribution in [0.1, 0.15) is 44.2 Å². The van der Waals surface area contributed by atoms with Crippen molar-refractivity contribution in [1.82, 2.24) is 0 Å². The van der Waals surface area contributed by atoms with Crippen molar-refractivity contribution < 1.29 is 28.6 Å². The van der Waals surface area contributed by atoms with E-state index < -0.39 is 29.7 Å². The van der Waals surface area contributed by atoms with Gasteiger partial charge in [-0.25, -0.2) is 14.1 Å². The largest absolute Gasteiger partial charge is 0.486 e. The van der Waals surface area contributed by atoms with Crippen LogP contribution in [-0.2, 0) is 11.2 Å². The number of carboxylic acid groups (broad SMARTS) is 1. The number of anilines is 1. The van der Waals surface area contributed by atoms with Gasteiger partial charge in [-0.1, -0.05) is 29.8 Å². The van der Waals surface area contributed by atoms with Gasteiger partial charge in [-0.15, -0.1) is 11.3 Å². The number of ether oxygens (including phenoxy) is 1. The predicted octanol–water partition coefficient (Wildman–Crippen LogP) is 5.11. The van der Waals surface area contributed by atoms with Gasteiger partial charge in [0.15, 0.2) is 0 Å². The Hall–Kier alpha value is -3.23. The van der Waals surface area contributed by atoms with Crippen LogP contribution in [0, 0.1) is 5.82 Å². The first-order valence-corrected chi connectivity index (χ1v) is 10.4. The molecule has 1 unspecified atom stereocenters. The molecule has 2 heterocycles. The number of halogens is 2. The number of carboxylic acids is 1. The van der Waals surface area contributed by atoms with Crippen molar-refractivity contribution in [3.63, 3.8) is 0 Å². The summed E-state index contributed by atoms with van der Waals surface area (Å²) in [7, 11) is 0. The molecule has 3 aromatic rings. The number of carbonyl (C=O) groups excluding carboxylic acids is 2. The van der Waals surface area contributed by atoms with Gasteiger partial charge in [0.2, 0.25) is 5.91 Å². The van der Waals surface area contributed by atoms with Gasteiger partial charge in [0, 0.05) is 11.6 Å². The van der Waals surface area contributed by atoms with Gasteiger partial charge in [-0.3, -0.25) is 9.59 Å². The van der Waals surface area contributed by atoms with Gasteiger partial charge in [-0.05, 0) is 36.1 Å². The van der Waals surface area contributed by atoms with E-state index in [2.05, 4.69) is 0 Å². The minimum absolute atomic E-state index is 0.0146. The Kier molecular flexibility index (Phi) is 5.51. The predicted molar refractivity (Wildman–Crippen MR) is 114 cm³/mol. The van der Waals surface area contributed by atoms with Crippen molar-refractivity contribution in [3.8, 4) is 5.75 Å². The Labute approximate surface area is 185 Å². The number of nitrogens with zero attached hydrogens (tertiary/aromatic N) is 1. The number of hydrogen-bond donors (Lipinski definition) is 1. The summed E-state index contributed by atoms with van der Waals surface area (Å²) in [5.41, 5.74) is 0.783. The molecule has 6 nitrogen and oxygen atoms in total. The maximum atomic E-state index is 14.0. The average molecular weight is 460 g/mol. The number of fused-ring (bicyclic) bond motifs is 1. The minimum Gasteiger partial charge on any atom is -0.486 e. The second-order valence-corrected chi connectivity index (χ2v) is 8.16. The molecule has 0 fully saturated rings. The van der Waals surface area contributed by atoms with E-state index >= 15 is 0 Å². The summed E-state index contributed by atoms with van der Waals surface area (Å²) in [6, 6.07) is 10.6. The van der Waals surface area contributed by atoms with E-state index in [1.807, 2.05) is 0 Å². The standard InChI is InChI=1S/C22H15ClFNO5S/c1-11(14-4-2-3-5-16(14)24)30-13-6-7-15(23)17(9-13)25-18(26)8-12-10-31-20(22(28)29)19(12)21(25)27/h2-7,9-11H,8H2,1H3,(H,28,29). The van der Waals surface area contributed by atoms with Crippen LogP contribution < -0.4 is 9.64 Å². The fourth-order valence-corrected chi connectivity index (χ4v) is 4.54. The second-order valence-electron chi connectivity index (χ2n) is 6.88. The molecule has 1 aromatic heterocycles. The third-order valence-electron chi connectivity index (χ3n) is 4.88. The summed E-state index contributed by atoms with van der Waals surface area (Å²) < 4.78 is 19.9. The molecule has 0 spiro atoms. The van der Waals surface area contributed by atoms with Gasteiger partial charge in [0.05, 0.1) is 22.7 Å². The van der Waals surface area contributed by atoms with Crippen molar-refractivity contribution in [2.75, 3.05) is 4.90 Å². The third kappa shape index (κ3) is 3.80. The lowest BCUT2D eigenvalue weighted by molar-refractivity contribution is -0.117. The Morgan fingerprint density at radius 3 is 2.71 bits per heavy atom. The first-order chi connectivity index (χ1) is 14.8. The summed E-state index contributed by atoms with van der Waals surface area (Å²) in [5.74, 6) is -2.68. The van der Waals surface area contributed by atoms with E-state index in [1.165, 1.54) is 23.6 Å². The highest BCUT2D eigenvalue weighted by atomic mass is 35.5. The molecule has 4 rings (SSSR count). The molecule has 2 amide bonds. The number of hydrogen-bond acceptors (Lipinski definition) is 5. The van der Waals surface area contributed by atoms with Crippen LogP contribution in [0.15, 0.2) is 47.8 Å². The molecular formula is C22H15ClFNO5S. The Bertz CT molecular complexity index is 1220. The summed E-state index contributed by atoms with van der Waals surface area (Å²) in [4.78, 5) is 38.0. The van der Waals surface area contributed by atoms with Crippen LogP contribution in [0.3, 0.4) is 0 Å². The first-order valence-electron chi connectivity index (χ1n) is 9.19. The zero-order chi connectivity index (χ0) is 22.3. The normalized spacial score (nSPS) is 14.4. The third-order valence-corrected chi connectivity index (χ3v) is 6.22. The second kappa shape index (κ2) is 8.13. The molecule has 0 saturated carbocycles. The molecule has 0 aliphatic carbocycles. The lowest BCUT2D eigenvalue weighted by Gasteiger charge is -2.27. The highest BCUT2D eigenvalue weighted by Crippen LogP contribution is 2.37. The summed E-state index contributed by atoms with van der Waals surface area (Å²) in [6.45, 7) is 1.67. The number of imide groups is 1. The molecule has 31 heavy (non-hydrogen) atoms. The van der Waals surface area contributed by atoms with E-state index in [1.54, 1.807) is 31.2 Å². The van der Waals surface area contributed by atoms with Gasteiger partial charge < -0.3 is 9.84 Å². The average Bonchev–Trinajstić information content (AvgIpc) is 3.15. The maximum Gasteiger partial charge on any atom is 0.346 e. The molecule has 1 atom stereocenters. The molecule has 9 heteroatoms. The van der Waals surface area contributed by atoms with Crippen molar-refractivity contribution in [2.24, 2.45) is 0 Å². The summed E-state index contributed by atoms with van der Waals surface area (Å²) in [5, 5.41) is 11.0. The van der Waals surface area contributed by atoms with Crippen LogP contribution in [0.2, 0.25) is 5.02 Å². The molecular weight excluding hydrogens is 445 g/mol. The van der Waals surface area contributed by atoms with Crippen LogP contribution in [0.25, 0.3) is 0 Å². The van der Waals surface area contributed by atoms with Gasteiger partial charge in [-0.2, -0.15) is 0 Å². The molecule has 0 radical (unpaired) electrons. The molecule has 2 aromatic carbocycles. The highest BCUT2D eigenvalue weighted by molar-refractivity contribution is 7.12. The van der Waals surface area contributed by atoms with Crippen molar-refractivity contribution in [3.05, 3.63) is 80.3 Å². The lowest BCUT2D eigenvalue weighted by Crippen LogP contribution is -2.42. The Balaban J connectivity index is 1.69. The number of benzene rings is 2. The summed E-state index contributed by atoms with van der Waals surface area (Å²) in [6.07, 6.45) is -0.775. The minimum atomic E-state index is -1.24. The van der Waals surface area contributed by atoms with Gasteiger partial charge in [0.25, 0.3) is 5.91 Å². The molecule has 0 saturated heterocycles. The van der Waals surface area contributed by atoms with Crippen molar-refractivity contribution >= 4 is 46.4 Å². The number of carbonyl (C=O) groups is 3. The number of thiophene rings is 1. The van der Waals surface area contributed by atoms with Crippen molar-refractivity contribution in [2.45, 2.75) is 19.4 Å². The monoisotopic (exact) mass is 459 g/mol. The van der Waals surface area contributed by atoms with Crippen LogP contribution in [-0.4, -0.2) is 22.9 Å². The lowest BCUT2D eigenvalue weighted by atomic mass is 10.0. The fraction of sp³-hybridized carbons (Fsp3) is 0.136. The number of rotatable bonds is 5. The van der Waals surface area contributed by atoms with E-state index in [4.69, 9.17) is 16.3 Å². The van der Waals surface area contributed by atoms with E-state index in [0.29, 0.717) is 11.1 Å². The molecule has 1 N–H and O–H groups in total. The first kappa shape index (κ1) is 21.0. The van der Waals surface area contributed by atoms with Crippen molar-refractivity contribution in [1.29, 1.82) is 0 Å². The van der Waals surface area contributed by atoms with Crippen LogP contribution in [0.4, 0.5) is 10.1 Å². The smallest absolute Gasteiger partial charge is 0.346 e. The molecule has 1 aliphatic rings.